The number of nitrogens with two attached hydrogens (primary N) is 2. The highest BCUT2D eigenvalue weighted by Crippen LogP contribution is 2.45. The van der Waals surface area contributed by atoms with Gasteiger partial charge in [-0.3, -0.25) is 0 Å². The van der Waals surface area contributed by atoms with Crippen molar-refractivity contribution in [2.75, 3.05) is 11.5 Å². The SMILES string of the molecule is Nc1c(-c2c(N)c3ccccc3n2-c2ccc3ccccc3c2)n(-c2ccccc2)c2ccccc12. The first-order valence-electron chi connectivity index (χ1n) is 12.0. The molecule has 36 heavy (non-hydrogen) atoms. The predicted molar refractivity (Wildman–Crippen MR) is 152 cm³/mol. The molecule has 0 radical (unpaired) electrons. The van der Waals surface area contributed by atoms with E-state index in [0.29, 0.717) is 11.4 Å². The van der Waals surface area contributed by atoms with Gasteiger partial charge in [-0.1, -0.05) is 84.9 Å². The van der Waals surface area contributed by atoms with Crippen LogP contribution in [0, 0.1) is 0 Å². The minimum Gasteiger partial charge on any atom is -0.396 e. The maximum atomic E-state index is 6.97. The summed E-state index contributed by atoms with van der Waals surface area (Å²) >= 11 is 0. The summed E-state index contributed by atoms with van der Waals surface area (Å²) in [5, 5.41) is 4.38. The van der Waals surface area contributed by atoms with Gasteiger partial charge in [-0.25, -0.2) is 0 Å². The molecule has 2 aromatic heterocycles. The number of anilines is 2. The van der Waals surface area contributed by atoms with E-state index in [1.54, 1.807) is 0 Å². The Balaban J connectivity index is 1.65. The van der Waals surface area contributed by atoms with Gasteiger partial charge in [0.05, 0.1) is 33.8 Å². The van der Waals surface area contributed by atoms with Crippen molar-refractivity contribution >= 4 is 44.0 Å². The smallest absolute Gasteiger partial charge is 0.0964 e. The van der Waals surface area contributed by atoms with Crippen molar-refractivity contribution in [3.63, 3.8) is 0 Å². The van der Waals surface area contributed by atoms with Crippen molar-refractivity contribution in [1.82, 2.24) is 9.13 Å². The normalized spacial score (nSPS) is 11.6. The first-order valence-corrected chi connectivity index (χ1v) is 12.0. The summed E-state index contributed by atoms with van der Waals surface area (Å²) in [5.74, 6) is 0. The number of rotatable bonds is 3. The van der Waals surface area contributed by atoms with Crippen LogP contribution in [0.2, 0.25) is 0 Å². The Hall–Kier alpha value is -4.96. The van der Waals surface area contributed by atoms with Crippen molar-refractivity contribution in [2.45, 2.75) is 0 Å². The van der Waals surface area contributed by atoms with Crippen LogP contribution in [0.1, 0.15) is 0 Å². The summed E-state index contributed by atoms with van der Waals surface area (Å²) in [4.78, 5) is 0. The van der Waals surface area contributed by atoms with Crippen LogP contribution in [0.4, 0.5) is 11.4 Å². The Labute approximate surface area is 208 Å². The molecule has 0 spiro atoms. The zero-order valence-corrected chi connectivity index (χ0v) is 19.6. The van der Waals surface area contributed by atoms with Crippen LogP contribution in [0.25, 0.3) is 55.3 Å². The maximum Gasteiger partial charge on any atom is 0.0964 e. The molecule has 172 valence electrons. The van der Waals surface area contributed by atoms with Crippen LogP contribution >= 0.6 is 0 Å². The van der Waals surface area contributed by atoms with E-state index in [1.807, 2.05) is 36.4 Å². The molecule has 0 bridgehead atoms. The van der Waals surface area contributed by atoms with Gasteiger partial charge in [-0.2, -0.15) is 0 Å². The van der Waals surface area contributed by atoms with Gasteiger partial charge in [0.25, 0.3) is 0 Å². The lowest BCUT2D eigenvalue weighted by atomic mass is 10.1. The highest BCUT2D eigenvalue weighted by molar-refractivity contribution is 6.09. The fourth-order valence-electron chi connectivity index (χ4n) is 5.43. The molecular weight excluding hydrogens is 440 g/mol. The van der Waals surface area contributed by atoms with Gasteiger partial charge < -0.3 is 20.6 Å². The molecular formula is C32H24N4. The first-order chi connectivity index (χ1) is 17.7. The predicted octanol–water partition coefficient (Wildman–Crippen LogP) is 7.56. The second kappa shape index (κ2) is 7.79. The molecule has 0 fully saturated rings. The Morgan fingerprint density at radius 1 is 0.417 bits per heavy atom. The molecule has 7 rings (SSSR count). The second-order valence-electron chi connectivity index (χ2n) is 9.10. The minimum absolute atomic E-state index is 0.713. The van der Waals surface area contributed by atoms with E-state index in [4.69, 9.17) is 11.5 Å². The molecule has 4 heteroatoms. The van der Waals surface area contributed by atoms with Crippen molar-refractivity contribution in [2.24, 2.45) is 0 Å². The average Bonchev–Trinajstić information content (AvgIpc) is 3.39. The van der Waals surface area contributed by atoms with Gasteiger partial charge in [0.15, 0.2) is 0 Å². The van der Waals surface area contributed by atoms with Gasteiger partial charge in [-0.05, 0) is 47.2 Å². The van der Waals surface area contributed by atoms with Crippen LogP contribution in [-0.4, -0.2) is 9.13 Å². The summed E-state index contributed by atoms with van der Waals surface area (Å²) in [6.45, 7) is 0. The van der Waals surface area contributed by atoms with Gasteiger partial charge in [0.2, 0.25) is 0 Å². The van der Waals surface area contributed by atoms with E-state index in [1.165, 1.54) is 10.8 Å². The lowest BCUT2D eigenvalue weighted by molar-refractivity contribution is 1.07. The molecule has 4 N–H and O–H groups in total. The third-order valence-electron chi connectivity index (χ3n) is 7.06. The van der Waals surface area contributed by atoms with Crippen molar-refractivity contribution in [3.05, 3.63) is 121 Å². The third kappa shape index (κ3) is 2.88. The molecule has 0 amide bonds. The molecule has 4 nitrogen and oxygen atoms in total. The van der Waals surface area contributed by atoms with Crippen LogP contribution in [0.3, 0.4) is 0 Å². The summed E-state index contributed by atoms with van der Waals surface area (Å²) in [6, 6.07) is 41.8. The molecule has 0 aliphatic rings. The number of benzene rings is 5. The Bertz CT molecular complexity index is 1910. The van der Waals surface area contributed by atoms with Crippen LogP contribution in [0.15, 0.2) is 121 Å². The van der Waals surface area contributed by atoms with E-state index in [2.05, 4.69) is 94.1 Å². The van der Waals surface area contributed by atoms with E-state index in [0.717, 1.165) is 44.6 Å². The maximum absolute atomic E-state index is 6.97. The summed E-state index contributed by atoms with van der Waals surface area (Å²) < 4.78 is 4.48. The molecule has 0 saturated carbocycles. The summed E-state index contributed by atoms with van der Waals surface area (Å²) in [6.07, 6.45) is 0. The Morgan fingerprint density at radius 2 is 0.917 bits per heavy atom. The molecule has 7 aromatic rings. The average molecular weight is 465 g/mol. The summed E-state index contributed by atoms with van der Waals surface area (Å²) in [7, 11) is 0. The van der Waals surface area contributed by atoms with Crippen molar-refractivity contribution < 1.29 is 0 Å². The van der Waals surface area contributed by atoms with Crippen LogP contribution < -0.4 is 11.5 Å². The molecule has 0 unspecified atom stereocenters. The zero-order chi connectivity index (χ0) is 24.2. The number of hydrogen-bond acceptors (Lipinski definition) is 2. The lowest BCUT2D eigenvalue weighted by Crippen LogP contribution is -2.05. The van der Waals surface area contributed by atoms with E-state index >= 15 is 0 Å². The third-order valence-corrected chi connectivity index (χ3v) is 7.06. The van der Waals surface area contributed by atoms with Gasteiger partial charge in [-0.15, -0.1) is 0 Å². The first kappa shape index (κ1) is 20.4. The van der Waals surface area contributed by atoms with Gasteiger partial charge in [0, 0.05) is 22.1 Å². The number of aromatic nitrogens is 2. The highest BCUT2D eigenvalue weighted by atomic mass is 15.1. The molecule has 0 aliphatic carbocycles. The molecule has 0 saturated heterocycles. The van der Waals surface area contributed by atoms with Crippen LogP contribution in [-0.2, 0) is 0 Å². The number of nitrogen functional groups attached to an aromatic ring is 2. The van der Waals surface area contributed by atoms with Crippen molar-refractivity contribution in [1.29, 1.82) is 0 Å². The minimum atomic E-state index is 0.713. The van der Waals surface area contributed by atoms with E-state index < -0.39 is 0 Å². The fourth-order valence-corrected chi connectivity index (χ4v) is 5.43. The number of fused-ring (bicyclic) bond motifs is 3. The molecule has 0 atom stereocenters. The van der Waals surface area contributed by atoms with E-state index in [-0.39, 0.29) is 0 Å². The Kier molecular flexibility index (Phi) is 4.42. The summed E-state index contributed by atoms with van der Waals surface area (Å²) in [5.41, 5.74) is 21.3. The number of hydrogen-bond donors (Lipinski definition) is 2. The van der Waals surface area contributed by atoms with Crippen molar-refractivity contribution in [3.8, 4) is 22.8 Å². The largest absolute Gasteiger partial charge is 0.396 e. The zero-order valence-electron chi connectivity index (χ0n) is 19.6. The standard InChI is InChI=1S/C32H24N4/c33-29-25-14-6-8-16-27(25)35(23-12-2-1-3-13-23)31(29)32-30(34)26-15-7-9-17-28(26)36(32)24-19-18-21-10-4-5-11-22(21)20-24/h1-20H,33-34H2. The Morgan fingerprint density at radius 3 is 1.56 bits per heavy atom. The topological polar surface area (TPSA) is 61.9 Å². The second-order valence-corrected chi connectivity index (χ2v) is 9.10. The molecule has 0 aliphatic heterocycles. The number of nitrogens with zero attached hydrogens (tertiary/aromatic N) is 2. The monoisotopic (exact) mass is 464 g/mol. The van der Waals surface area contributed by atoms with Gasteiger partial charge >= 0.3 is 0 Å². The number of para-hydroxylation sites is 3. The fraction of sp³-hybridized carbons (Fsp3) is 0. The molecule has 2 heterocycles. The lowest BCUT2D eigenvalue weighted by Gasteiger charge is -2.16. The van der Waals surface area contributed by atoms with E-state index in [9.17, 15) is 0 Å². The van der Waals surface area contributed by atoms with Gasteiger partial charge in [0.1, 0.15) is 0 Å². The highest BCUT2D eigenvalue weighted by Gasteiger charge is 2.26. The molecule has 5 aromatic carbocycles. The quantitative estimate of drug-likeness (QED) is 0.283. The van der Waals surface area contributed by atoms with Crippen LogP contribution in [0.5, 0.6) is 0 Å².